The minimum absolute atomic E-state index is 0.0415. The standard InChI is InChI=1S/C28H38ClF2N3O4S/c1-14-9-22(39-4)20(26(36)33-14)13-32-25(35)19-10-21(29)24-23(15(19)2)37-27(3,38-24)16-5-7-17(8-6-16)34-18-11-28(30,31)12-18/h10,14,16-18,20,22,34H,5-9,11-13H2,1-4H3,(H,32,35)(H,33,36). The van der Waals surface area contributed by atoms with Crippen molar-refractivity contribution in [2.24, 2.45) is 11.8 Å². The molecule has 0 bridgehead atoms. The normalized spacial score (nSPS) is 33.8. The van der Waals surface area contributed by atoms with Gasteiger partial charge in [-0.1, -0.05) is 11.6 Å². The van der Waals surface area contributed by atoms with E-state index in [0.717, 1.165) is 32.1 Å². The number of piperidine rings is 1. The maximum Gasteiger partial charge on any atom is 0.251 e. The van der Waals surface area contributed by atoms with Crippen LogP contribution in [-0.4, -0.2) is 59.7 Å². The lowest BCUT2D eigenvalue weighted by molar-refractivity contribution is -0.127. The van der Waals surface area contributed by atoms with E-state index < -0.39 is 11.7 Å². The summed E-state index contributed by atoms with van der Waals surface area (Å²) in [4.78, 5) is 25.8. The molecule has 2 aliphatic carbocycles. The van der Waals surface area contributed by atoms with Gasteiger partial charge in [0, 0.05) is 66.7 Å². The SMILES string of the molecule is CSC1CC(C)NC(=O)C1CNC(=O)c1cc(Cl)c2c(c1C)OC(C)(C1CCC(NC3CC(F)(F)C3)CC1)O2. The first-order valence-corrected chi connectivity index (χ1v) is 15.5. The molecule has 0 aromatic heterocycles. The van der Waals surface area contributed by atoms with Crippen LogP contribution in [0.3, 0.4) is 0 Å². The number of hydrogen-bond donors (Lipinski definition) is 3. The summed E-state index contributed by atoms with van der Waals surface area (Å²) in [6.07, 6.45) is 6.06. The van der Waals surface area contributed by atoms with Crippen LogP contribution < -0.4 is 25.4 Å². The predicted octanol–water partition coefficient (Wildman–Crippen LogP) is 5.07. The van der Waals surface area contributed by atoms with E-state index in [1.165, 1.54) is 0 Å². The molecule has 1 saturated heterocycles. The number of amides is 2. The molecule has 2 aliphatic heterocycles. The lowest BCUT2D eigenvalue weighted by Gasteiger charge is -2.41. The highest BCUT2D eigenvalue weighted by Crippen LogP contribution is 2.51. The van der Waals surface area contributed by atoms with Gasteiger partial charge in [-0.25, -0.2) is 8.78 Å². The molecule has 4 atom stereocenters. The van der Waals surface area contributed by atoms with Crippen molar-refractivity contribution in [1.29, 1.82) is 0 Å². The lowest BCUT2D eigenvalue weighted by Crippen LogP contribution is -2.53. The third-order valence-corrected chi connectivity index (χ3v) is 10.3. The van der Waals surface area contributed by atoms with Crippen molar-refractivity contribution < 1.29 is 27.8 Å². The second-order valence-corrected chi connectivity index (χ2v) is 13.3. The average molecular weight is 586 g/mol. The Labute approximate surface area is 237 Å². The van der Waals surface area contributed by atoms with E-state index in [4.69, 9.17) is 21.1 Å². The van der Waals surface area contributed by atoms with Gasteiger partial charge in [-0.3, -0.25) is 9.59 Å². The molecule has 216 valence electrons. The van der Waals surface area contributed by atoms with Crippen molar-refractivity contribution in [1.82, 2.24) is 16.0 Å². The summed E-state index contributed by atoms with van der Waals surface area (Å²) in [6, 6.07) is 1.84. The largest absolute Gasteiger partial charge is 0.448 e. The molecule has 3 N–H and O–H groups in total. The maximum atomic E-state index is 13.2. The molecular weight excluding hydrogens is 548 g/mol. The number of hydrogen-bond acceptors (Lipinski definition) is 6. The van der Waals surface area contributed by atoms with Crippen LogP contribution in [0.1, 0.15) is 74.7 Å². The van der Waals surface area contributed by atoms with Crippen LogP contribution in [-0.2, 0) is 4.79 Å². The third-order valence-electron chi connectivity index (χ3n) is 8.87. The Kier molecular flexibility index (Phi) is 8.03. The van der Waals surface area contributed by atoms with E-state index >= 15 is 0 Å². The number of carbonyl (C=O) groups is 2. The van der Waals surface area contributed by atoms with Gasteiger partial charge >= 0.3 is 0 Å². The fraction of sp³-hybridized carbons (Fsp3) is 0.714. The zero-order valence-electron chi connectivity index (χ0n) is 22.9. The summed E-state index contributed by atoms with van der Waals surface area (Å²) in [5.41, 5.74) is 1.03. The van der Waals surface area contributed by atoms with E-state index in [1.807, 2.05) is 27.0 Å². The lowest BCUT2D eigenvalue weighted by atomic mass is 9.79. The van der Waals surface area contributed by atoms with Crippen molar-refractivity contribution >= 4 is 35.2 Å². The predicted molar refractivity (Wildman–Crippen MR) is 148 cm³/mol. The Bertz CT molecular complexity index is 1120. The van der Waals surface area contributed by atoms with Gasteiger partial charge in [0.05, 0.1) is 10.9 Å². The molecule has 0 spiro atoms. The van der Waals surface area contributed by atoms with Crippen molar-refractivity contribution in [3.05, 3.63) is 22.2 Å². The van der Waals surface area contributed by atoms with E-state index in [0.29, 0.717) is 27.6 Å². The molecule has 2 amide bonds. The number of carbonyl (C=O) groups excluding carboxylic acids is 2. The molecule has 3 fully saturated rings. The molecule has 11 heteroatoms. The van der Waals surface area contributed by atoms with Gasteiger partial charge < -0.3 is 25.4 Å². The van der Waals surface area contributed by atoms with Crippen LogP contribution in [0.2, 0.25) is 5.02 Å². The molecule has 7 nitrogen and oxygen atoms in total. The molecule has 1 aromatic carbocycles. The second-order valence-electron chi connectivity index (χ2n) is 11.8. The molecule has 39 heavy (non-hydrogen) atoms. The van der Waals surface area contributed by atoms with Crippen LogP contribution in [0.5, 0.6) is 11.5 Å². The minimum atomic E-state index is -2.52. The van der Waals surface area contributed by atoms with E-state index in [2.05, 4.69) is 16.0 Å². The third kappa shape index (κ3) is 5.84. The van der Waals surface area contributed by atoms with Crippen LogP contribution in [0.15, 0.2) is 6.07 Å². The zero-order valence-corrected chi connectivity index (χ0v) is 24.4. The van der Waals surface area contributed by atoms with Gasteiger partial charge in [0.25, 0.3) is 17.6 Å². The van der Waals surface area contributed by atoms with Gasteiger partial charge in [0.2, 0.25) is 5.91 Å². The first-order chi connectivity index (χ1) is 18.4. The molecular formula is C28H38ClF2N3O4S. The monoisotopic (exact) mass is 585 g/mol. The van der Waals surface area contributed by atoms with Crippen LogP contribution in [0.25, 0.3) is 0 Å². The van der Waals surface area contributed by atoms with Crippen molar-refractivity contribution in [3.63, 3.8) is 0 Å². The minimum Gasteiger partial charge on any atom is -0.448 e. The van der Waals surface area contributed by atoms with Gasteiger partial charge in [-0.2, -0.15) is 11.8 Å². The highest BCUT2D eigenvalue weighted by molar-refractivity contribution is 7.99. The number of thioether (sulfide) groups is 1. The van der Waals surface area contributed by atoms with E-state index in [1.54, 1.807) is 17.8 Å². The number of alkyl halides is 2. The molecule has 4 aliphatic rings. The summed E-state index contributed by atoms with van der Waals surface area (Å²) in [5, 5.41) is 9.73. The fourth-order valence-corrected chi connectivity index (χ4v) is 7.78. The number of rotatable bonds is 7. The molecule has 2 saturated carbocycles. The first kappa shape index (κ1) is 28.7. The van der Waals surface area contributed by atoms with Crippen LogP contribution >= 0.6 is 23.4 Å². The average Bonchev–Trinajstić information content (AvgIpc) is 3.24. The van der Waals surface area contributed by atoms with Gasteiger partial charge in [0.15, 0.2) is 11.5 Å². The molecule has 4 unspecified atom stereocenters. The Morgan fingerprint density at radius 3 is 2.49 bits per heavy atom. The van der Waals surface area contributed by atoms with Gasteiger partial charge in [-0.15, -0.1) is 0 Å². The number of benzene rings is 1. The van der Waals surface area contributed by atoms with E-state index in [-0.39, 0.29) is 66.4 Å². The smallest absolute Gasteiger partial charge is 0.251 e. The summed E-state index contributed by atoms with van der Waals surface area (Å²) >= 11 is 8.24. The molecule has 5 rings (SSSR count). The Morgan fingerprint density at radius 2 is 1.85 bits per heavy atom. The van der Waals surface area contributed by atoms with E-state index in [9.17, 15) is 18.4 Å². The van der Waals surface area contributed by atoms with Crippen LogP contribution in [0.4, 0.5) is 8.78 Å². The number of ether oxygens (including phenoxy) is 2. The van der Waals surface area contributed by atoms with Crippen molar-refractivity contribution in [3.8, 4) is 11.5 Å². The first-order valence-electron chi connectivity index (χ1n) is 13.9. The topological polar surface area (TPSA) is 88.7 Å². The Balaban J connectivity index is 1.21. The maximum absolute atomic E-state index is 13.2. The zero-order chi connectivity index (χ0) is 28.1. The highest BCUT2D eigenvalue weighted by Gasteiger charge is 2.49. The fourth-order valence-electron chi connectivity index (χ4n) is 6.52. The Morgan fingerprint density at radius 1 is 1.18 bits per heavy atom. The van der Waals surface area contributed by atoms with Crippen molar-refractivity contribution in [2.45, 2.75) is 101 Å². The second kappa shape index (κ2) is 10.9. The van der Waals surface area contributed by atoms with Gasteiger partial charge in [0.1, 0.15) is 0 Å². The molecule has 0 radical (unpaired) electrons. The number of nitrogens with one attached hydrogen (secondary N) is 3. The quantitative estimate of drug-likeness (QED) is 0.414. The summed E-state index contributed by atoms with van der Waals surface area (Å²) in [7, 11) is 0. The molecule has 2 heterocycles. The number of fused-ring (bicyclic) bond motifs is 1. The number of halogens is 3. The molecule has 1 aromatic rings. The highest BCUT2D eigenvalue weighted by atomic mass is 35.5. The van der Waals surface area contributed by atoms with Crippen molar-refractivity contribution in [2.75, 3.05) is 12.8 Å². The Hall–Kier alpha value is -1.78. The summed E-state index contributed by atoms with van der Waals surface area (Å²) in [5.74, 6) is -3.11. The van der Waals surface area contributed by atoms with Crippen LogP contribution in [0, 0.1) is 18.8 Å². The summed E-state index contributed by atoms with van der Waals surface area (Å²) in [6.45, 7) is 5.94. The van der Waals surface area contributed by atoms with Gasteiger partial charge in [-0.05, 0) is 58.3 Å². The summed E-state index contributed by atoms with van der Waals surface area (Å²) < 4.78 is 39.1.